The third-order valence-corrected chi connectivity index (χ3v) is 3.32. The molecule has 3 rings (SSSR count). The van der Waals surface area contributed by atoms with Gasteiger partial charge in [-0.2, -0.15) is 5.10 Å². The number of nitrogens with zero attached hydrogens (tertiary/aromatic N) is 4. The monoisotopic (exact) mass is 245 g/mol. The maximum Gasteiger partial charge on any atom is 0.258 e. The maximum atomic E-state index is 12.5. The van der Waals surface area contributed by atoms with Crippen molar-refractivity contribution in [2.24, 2.45) is 0 Å². The summed E-state index contributed by atoms with van der Waals surface area (Å²) in [5, 5.41) is 7.45. The van der Waals surface area contributed by atoms with Crippen molar-refractivity contribution in [3.63, 3.8) is 0 Å². The summed E-state index contributed by atoms with van der Waals surface area (Å²) in [7, 11) is 0. The average molecular weight is 245 g/mol. The third-order valence-electron chi connectivity index (χ3n) is 3.32. The van der Waals surface area contributed by atoms with Gasteiger partial charge in [0, 0.05) is 38.1 Å². The molecule has 6 nitrogen and oxygen atoms in total. The molecule has 2 aromatic heterocycles. The zero-order valence-electron chi connectivity index (χ0n) is 10.2. The molecule has 1 saturated heterocycles. The second-order valence-electron chi connectivity index (χ2n) is 4.52. The van der Waals surface area contributed by atoms with Crippen molar-refractivity contribution in [2.45, 2.75) is 13.0 Å². The van der Waals surface area contributed by atoms with E-state index < -0.39 is 0 Å². The molecule has 1 aliphatic heterocycles. The Labute approximate surface area is 105 Å². The van der Waals surface area contributed by atoms with Crippen molar-refractivity contribution in [3.05, 3.63) is 30.4 Å². The van der Waals surface area contributed by atoms with Gasteiger partial charge in [0.05, 0.1) is 23.5 Å². The first-order valence-electron chi connectivity index (χ1n) is 6.06. The Bertz CT molecular complexity index is 579. The summed E-state index contributed by atoms with van der Waals surface area (Å²) in [5.41, 5.74) is 1.38. The second-order valence-corrected chi connectivity index (χ2v) is 4.52. The Morgan fingerprint density at radius 2 is 2.39 bits per heavy atom. The second kappa shape index (κ2) is 4.38. The minimum Gasteiger partial charge on any atom is -0.333 e. The first kappa shape index (κ1) is 11.2. The van der Waals surface area contributed by atoms with Gasteiger partial charge in [0.2, 0.25) is 0 Å². The van der Waals surface area contributed by atoms with Crippen LogP contribution in [0.15, 0.2) is 24.8 Å². The molecule has 0 bridgehead atoms. The quantitative estimate of drug-likeness (QED) is 0.777. The van der Waals surface area contributed by atoms with Crippen LogP contribution in [0.2, 0.25) is 0 Å². The van der Waals surface area contributed by atoms with Gasteiger partial charge >= 0.3 is 0 Å². The number of hydrogen-bond donors (Lipinski definition) is 1. The molecule has 3 heterocycles. The molecule has 6 heteroatoms. The van der Waals surface area contributed by atoms with Gasteiger partial charge < -0.3 is 10.2 Å². The first-order chi connectivity index (χ1) is 8.77. The Kier molecular flexibility index (Phi) is 2.71. The van der Waals surface area contributed by atoms with Crippen LogP contribution in [0.1, 0.15) is 17.3 Å². The van der Waals surface area contributed by atoms with Gasteiger partial charge in [0.15, 0.2) is 0 Å². The lowest BCUT2D eigenvalue weighted by atomic mass is 10.1. The molecule has 1 N–H and O–H groups in total. The molecule has 2 aromatic rings. The minimum absolute atomic E-state index is 0.0343. The molecule has 0 aromatic carbocycles. The summed E-state index contributed by atoms with van der Waals surface area (Å²) < 4.78 is 1.67. The summed E-state index contributed by atoms with van der Waals surface area (Å²) in [6.07, 6.45) is 6.69. The highest BCUT2D eigenvalue weighted by Gasteiger charge is 2.26. The lowest BCUT2D eigenvalue weighted by molar-refractivity contribution is 0.0658. The number of carbonyl (C=O) groups is 1. The van der Waals surface area contributed by atoms with Crippen molar-refractivity contribution in [2.75, 3.05) is 19.6 Å². The first-order valence-corrected chi connectivity index (χ1v) is 6.06. The molecule has 1 fully saturated rings. The van der Waals surface area contributed by atoms with E-state index in [4.69, 9.17) is 0 Å². The van der Waals surface area contributed by atoms with Gasteiger partial charge in [0.1, 0.15) is 0 Å². The molecule has 1 amide bonds. The highest BCUT2D eigenvalue weighted by Crippen LogP contribution is 2.14. The number of aromatic nitrogens is 3. The van der Waals surface area contributed by atoms with Crippen LogP contribution in [0.3, 0.4) is 0 Å². The standard InChI is InChI=1S/C12H15N5O/c1-9-6-13-2-4-16(9)12(18)10-7-15-17-5-3-14-8-11(10)17/h3,5,7-9,13H,2,4,6H2,1H3. The van der Waals surface area contributed by atoms with Crippen molar-refractivity contribution in [1.29, 1.82) is 0 Å². The van der Waals surface area contributed by atoms with E-state index in [1.165, 1.54) is 0 Å². The van der Waals surface area contributed by atoms with Gasteiger partial charge in [-0.15, -0.1) is 0 Å². The summed E-state index contributed by atoms with van der Waals surface area (Å²) >= 11 is 0. The zero-order chi connectivity index (χ0) is 12.5. The molecule has 0 saturated carbocycles. The van der Waals surface area contributed by atoms with Gasteiger partial charge in [-0.05, 0) is 6.92 Å². The fourth-order valence-electron chi connectivity index (χ4n) is 2.30. The lowest BCUT2D eigenvalue weighted by Crippen LogP contribution is -2.52. The van der Waals surface area contributed by atoms with Crippen LogP contribution in [0.5, 0.6) is 0 Å². The van der Waals surface area contributed by atoms with E-state index in [9.17, 15) is 4.79 Å². The van der Waals surface area contributed by atoms with Crippen molar-refractivity contribution >= 4 is 11.4 Å². The van der Waals surface area contributed by atoms with E-state index in [0.717, 1.165) is 25.2 Å². The van der Waals surface area contributed by atoms with Crippen LogP contribution >= 0.6 is 0 Å². The largest absolute Gasteiger partial charge is 0.333 e. The Hall–Kier alpha value is -1.95. The van der Waals surface area contributed by atoms with Crippen molar-refractivity contribution < 1.29 is 4.79 Å². The fraction of sp³-hybridized carbons (Fsp3) is 0.417. The van der Waals surface area contributed by atoms with Crippen molar-refractivity contribution in [1.82, 2.24) is 24.8 Å². The maximum absolute atomic E-state index is 12.5. The molecule has 18 heavy (non-hydrogen) atoms. The molecule has 1 unspecified atom stereocenters. The van der Waals surface area contributed by atoms with Crippen LogP contribution in [0.25, 0.3) is 5.52 Å². The summed E-state index contributed by atoms with van der Waals surface area (Å²) in [6.45, 7) is 4.46. The van der Waals surface area contributed by atoms with E-state index in [0.29, 0.717) is 5.56 Å². The number of fused-ring (bicyclic) bond motifs is 1. The predicted octanol–water partition coefficient (Wildman–Crippen LogP) is 0.163. The Morgan fingerprint density at radius 1 is 1.50 bits per heavy atom. The van der Waals surface area contributed by atoms with Crippen LogP contribution in [0, 0.1) is 0 Å². The van der Waals surface area contributed by atoms with Crippen LogP contribution in [-0.2, 0) is 0 Å². The summed E-state index contributed by atoms with van der Waals surface area (Å²) in [4.78, 5) is 18.4. The zero-order valence-corrected chi connectivity index (χ0v) is 10.2. The highest BCUT2D eigenvalue weighted by molar-refractivity contribution is 6.00. The van der Waals surface area contributed by atoms with Gasteiger partial charge in [0.25, 0.3) is 5.91 Å². The number of carbonyl (C=O) groups excluding carboxylic acids is 1. The molecule has 1 atom stereocenters. The molecular formula is C12H15N5O. The van der Waals surface area contributed by atoms with E-state index in [1.807, 2.05) is 11.8 Å². The smallest absolute Gasteiger partial charge is 0.258 e. The Balaban J connectivity index is 1.96. The summed E-state index contributed by atoms with van der Waals surface area (Å²) in [6, 6.07) is 0.206. The highest BCUT2D eigenvalue weighted by atomic mass is 16.2. The third kappa shape index (κ3) is 1.74. The fourth-order valence-corrected chi connectivity index (χ4v) is 2.30. The van der Waals surface area contributed by atoms with Gasteiger partial charge in [-0.25, -0.2) is 4.52 Å². The molecule has 94 valence electrons. The molecule has 0 spiro atoms. The SMILES string of the molecule is CC1CNCCN1C(=O)c1cnn2ccncc12. The predicted molar refractivity (Wildman–Crippen MR) is 66.4 cm³/mol. The minimum atomic E-state index is 0.0343. The molecule has 0 radical (unpaired) electrons. The van der Waals surface area contributed by atoms with E-state index in [2.05, 4.69) is 15.4 Å². The number of nitrogens with one attached hydrogen (secondary N) is 1. The molecule has 1 aliphatic rings. The number of hydrogen-bond acceptors (Lipinski definition) is 4. The molecule has 0 aliphatic carbocycles. The normalized spacial score (nSPS) is 20.3. The topological polar surface area (TPSA) is 62.5 Å². The van der Waals surface area contributed by atoms with E-state index in [-0.39, 0.29) is 11.9 Å². The van der Waals surface area contributed by atoms with Gasteiger partial charge in [-0.1, -0.05) is 0 Å². The van der Waals surface area contributed by atoms with E-state index >= 15 is 0 Å². The van der Waals surface area contributed by atoms with Crippen LogP contribution < -0.4 is 5.32 Å². The average Bonchev–Trinajstić information content (AvgIpc) is 2.82. The number of piperazine rings is 1. The van der Waals surface area contributed by atoms with E-state index in [1.54, 1.807) is 29.3 Å². The molecular weight excluding hydrogens is 230 g/mol. The number of rotatable bonds is 1. The number of amides is 1. The van der Waals surface area contributed by atoms with Crippen LogP contribution in [-0.4, -0.2) is 51.1 Å². The Morgan fingerprint density at radius 3 is 3.22 bits per heavy atom. The van der Waals surface area contributed by atoms with Gasteiger partial charge in [-0.3, -0.25) is 9.78 Å². The lowest BCUT2D eigenvalue weighted by Gasteiger charge is -2.33. The van der Waals surface area contributed by atoms with Crippen molar-refractivity contribution in [3.8, 4) is 0 Å². The van der Waals surface area contributed by atoms with Crippen LogP contribution in [0.4, 0.5) is 0 Å². The summed E-state index contributed by atoms with van der Waals surface area (Å²) in [5.74, 6) is 0.0343.